The Morgan fingerprint density at radius 3 is 2.45 bits per heavy atom. The van der Waals surface area contributed by atoms with Gasteiger partial charge in [0.05, 0.1) is 0 Å². The standard InChI is InChI=1S/C27H23NO2S/c29-27(28-16-6-5-8-19-9-7-14-26-20(19)15-17-31-26)30-18-25-23-12-3-1-10-21(23)22-11-2-4-13-24(22)25/h1-5,7-15,17,25H,6,16,18H2,(H,28,29). The van der Waals surface area contributed by atoms with Gasteiger partial charge in [-0.05, 0) is 57.1 Å². The molecule has 0 saturated carbocycles. The molecule has 0 atom stereocenters. The third-order valence-electron chi connectivity index (χ3n) is 5.75. The van der Waals surface area contributed by atoms with Crippen molar-refractivity contribution >= 4 is 33.6 Å². The second-order valence-electron chi connectivity index (χ2n) is 7.62. The molecule has 1 aliphatic carbocycles. The number of carbonyl (C=O) groups is 1. The van der Waals surface area contributed by atoms with Crippen LogP contribution in [0.1, 0.15) is 29.0 Å². The van der Waals surface area contributed by atoms with Crippen LogP contribution in [0.2, 0.25) is 0 Å². The predicted octanol–water partition coefficient (Wildman–Crippen LogP) is 6.84. The van der Waals surface area contributed by atoms with E-state index in [1.165, 1.54) is 37.9 Å². The van der Waals surface area contributed by atoms with Gasteiger partial charge in [-0.2, -0.15) is 0 Å². The third kappa shape index (κ3) is 3.99. The molecular weight excluding hydrogens is 402 g/mol. The van der Waals surface area contributed by atoms with Crippen LogP contribution >= 0.6 is 11.3 Å². The maximum atomic E-state index is 12.2. The molecule has 0 saturated heterocycles. The zero-order valence-electron chi connectivity index (χ0n) is 17.1. The monoisotopic (exact) mass is 425 g/mol. The van der Waals surface area contributed by atoms with E-state index in [-0.39, 0.29) is 12.0 Å². The number of thiophene rings is 1. The molecule has 0 spiro atoms. The van der Waals surface area contributed by atoms with Gasteiger partial charge in [0.1, 0.15) is 6.61 Å². The minimum Gasteiger partial charge on any atom is -0.449 e. The van der Waals surface area contributed by atoms with Crippen LogP contribution in [0.3, 0.4) is 0 Å². The summed E-state index contributed by atoms with van der Waals surface area (Å²) in [6.45, 7) is 0.892. The molecular formula is C27H23NO2S. The van der Waals surface area contributed by atoms with Crippen molar-refractivity contribution in [2.24, 2.45) is 0 Å². The minimum atomic E-state index is -0.366. The summed E-state index contributed by atoms with van der Waals surface area (Å²) in [5.74, 6) is 0.0872. The summed E-state index contributed by atoms with van der Waals surface area (Å²) in [5.41, 5.74) is 6.12. The van der Waals surface area contributed by atoms with Crippen molar-refractivity contribution in [3.05, 3.63) is 101 Å². The molecule has 3 nitrogen and oxygen atoms in total. The maximum absolute atomic E-state index is 12.2. The molecule has 1 aliphatic rings. The first kappa shape index (κ1) is 19.6. The lowest BCUT2D eigenvalue weighted by atomic mass is 9.98. The van der Waals surface area contributed by atoms with E-state index in [9.17, 15) is 4.79 Å². The predicted molar refractivity (Wildman–Crippen MR) is 129 cm³/mol. The molecule has 1 aromatic heterocycles. The van der Waals surface area contributed by atoms with E-state index in [0.29, 0.717) is 13.2 Å². The highest BCUT2D eigenvalue weighted by atomic mass is 32.1. The smallest absolute Gasteiger partial charge is 0.407 e. The Morgan fingerprint density at radius 1 is 0.935 bits per heavy atom. The van der Waals surface area contributed by atoms with E-state index in [1.807, 2.05) is 12.1 Å². The second-order valence-corrected chi connectivity index (χ2v) is 8.57. The zero-order valence-corrected chi connectivity index (χ0v) is 17.9. The number of amides is 1. The van der Waals surface area contributed by atoms with Crippen molar-refractivity contribution in [1.82, 2.24) is 5.32 Å². The van der Waals surface area contributed by atoms with Crippen molar-refractivity contribution in [1.29, 1.82) is 0 Å². The number of nitrogens with one attached hydrogen (secondary N) is 1. The molecule has 0 fully saturated rings. The lowest BCUT2D eigenvalue weighted by molar-refractivity contribution is 0.143. The highest BCUT2D eigenvalue weighted by molar-refractivity contribution is 7.17. The molecule has 1 amide bonds. The first-order chi connectivity index (χ1) is 15.3. The van der Waals surface area contributed by atoms with Gasteiger partial charge in [-0.15, -0.1) is 11.3 Å². The number of alkyl carbamates (subject to hydrolysis) is 1. The summed E-state index contributed by atoms with van der Waals surface area (Å²) in [7, 11) is 0. The SMILES string of the molecule is O=C(NCCC=Cc1cccc2sccc12)OCC1c2ccccc2-c2ccccc21. The van der Waals surface area contributed by atoms with Crippen LogP contribution < -0.4 is 5.32 Å². The Kier molecular flexibility index (Phi) is 5.55. The van der Waals surface area contributed by atoms with Crippen LogP contribution in [-0.4, -0.2) is 19.2 Å². The van der Waals surface area contributed by atoms with Crippen LogP contribution in [0, 0.1) is 0 Å². The molecule has 0 radical (unpaired) electrons. The van der Waals surface area contributed by atoms with Crippen molar-refractivity contribution in [2.75, 3.05) is 13.2 Å². The van der Waals surface area contributed by atoms with Gasteiger partial charge >= 0.3 is 6.09 Å². The molecule has 4 aromatic rings. The number of fused-ring (bicyclic) bond motifs is 4. The van der Waals surface area contributed by atoms with Crippen LogP contribution in [0.15, 0.2) is 84.3 Å². The van der Waals surface area contributed by atoms with Crippen LogP contribution in [0.4, 0.5) is 4.79 Å². The van der Waals surface area contributed by atoms with Gasteiger partial charge in [0.25, 0.3) is 0 Å². The van der Waals surface area contributed by atoms with Crippen molar-refractivity contribution in [3.63, 3.8) is 0 Å². The van der Waals surface area contributed by atoms with Crippen LogP contribution in [0.5, 0.6) is 0 Å². The molecule has 3 aromatic carbocycles. The van der Waals surface area contributed by atoms with Gasteiger partial charge < -0.3 is 10.1 Å². The van der Waals surface area contributed by atoms with Crippen LogP contribution in [0.25, 0.3) is 27.3 Å². The van der Waals surface area contributed by atoms with Gasteiger partial charge in [0.15, 0.2) is 0 Å². The average Bonchev–Trinajstić information content (AvgIpc) is 3.41. The largest absolute Gasteiger partial charge is 0.449 e. The summed E-state index contributed by atoms with van der Waals surface area (Å²) in [5, 5.41) is 6.25. The Balaban J connectivity index is 1.14. The second kappa shape index (κ2) is 8.78. The minimum absolute atomic E-state index is 0.0872. The van der Waals surface area contributed by atoms with E-state index in [0.717, 1.165) is 6.42 Å². The zero-order chi connectivity index (χ0) is 21.0. The first-order valence-corrected chi connectivity index (χ1v) is 11.4. The van der Waals surface area contributed by atoms with Gasteiger partial charge in [-0.1, -0.05) is 72.8 Å². The van der Waals surface area contributed by atoms with E-state index in [4.69, 9.17) is 4.74 Å². The van der Waals surface area contributed by atoms with E-state index in [1.54, 1.807) is 11.3 Å². The van der Waals surface area contributed by atoms with Gasteiger partial charge in [0.2, 0.25) is 0 Å². The summed E-state index contributed by atoms with van der Waals surface area (Å²) in [6, 6.07) is 25.2. The third-order valence-corrected chi connectivity index (χ3v) is 6.63. The highest BCUT2D eigenvalue weighted by Gasteiger charge is 2.28. The van der Waals surface area contributed by atoms with Crippen LogP contribution in [-0.2, 0) is 4.74 Å². The Bertz CT molecular complexity index is 1210. The van der Waals surface area contributed by atoms with Crippen molar-refractivity contribution < 1.29 is 9.53 Å². The molecule has 0 unspecified atom stereocenters. The maximum Gasteiger partial charge on any atom is 0.407 e. The lowest BCUT2D eigenvalue weighted by Gasteiger charge is -2.14. The number of carbonyl (C=O) groups excluding carboxylic acids is 1. The Labute approximate surface area is 186 Å². The summed E-state index contributed by atoms with van der Waals surface area (Å²) in [6.07, 6.45) is 4.60. The number of rotatable bonds is 6. The first-order valence-electron chi connectivity index (χ1n) is 10.5. The fourth-order valence-corrected chi connectivity index (χ4v) is 5.10. The van der Waals surface area contributed by atoms with Gasteiger partial charge in [-0.25, -0.2) is 4.79 Å². The summed E-state index contributed by atoms with van der Waals surface area (Å²) in [4.78, 5) is 12.2. The molecule has 4 heteroatoms. The quantitative estimate of drug-likeness (QED) is 0.343. The fourth-order valence-electron chi connectivity index (χ4n) is 4.28. The highest BCUT2D eigenvalue weighted by Crippen LogP contribution is 2.44. The van der Waals surface area contributed by atoms with Gasteiger partial charge in [0, 0.05) is 17.2 Å². The molecule has 154 valence electrons. The fraction of sp³-hybridized carbons (Fsp3) is 0.148. The van der Waals surface area contributed by atoms with Crippen molar-refractivity contribution in [3.8, 4) is 11.1 Å². The molecule has 31 heavy (non-hydrogen) atoms. The number of hydrogen-bond acceptors (Lipinski definition) is 3. The lowest BCUT2D eigenvalue weighted by Crippen LogP contribution is -2.26. The molecule has 1 N–H and O–H groups in total. The summed E-state index contributed by atoms with van der Waals surface area (Å²) < 4.78 is 6.87. The van der Waals surface area contributed by atoms with Gasteiger partial charge in [-0.3, -0.25) is 0 Å². The van der Waals surface area contributed by atoms with E-state index in [2.05, 4.69) is 83.5 Å². The number of benzene rings is 3. The topological polar surface area (TPSA) is 38.3 Å². The normalized spacial score (nSPS) is 12.8. The van der Waals surface area contributed by atoms with E-state index < -0.39 is 0 Å². The molecule has 0 aliphatic heterocycles. The Morgan fingerprint density at radius 2 is 1.68 bits per heavy atom. The number of ether oxygens (including phenoxy) is 1. The molecule has 5 rings (SSSR count). The van der Waals surface area contributed by atoms with Crippen molar-refractivity contribution in [2.45, 2.75) is 12.3 Å². The van der Waals surface area contributed by atoms with E-state index >= 15 is 0 Å². The molecule has 1 heterocycles. The summed E-state index contributed by atoms with van der Waals surface area (Å²) >= 11 is 1.75. The average molecular weight is 426 g/mol. The number of hydrogen-bond donors (Lipinski definition) is 1. The molecule has 0 bridgehead atoms. The Hall–Kier alpha value is -3.37.